The summed E-state index contributed by atoms with van der Waals surface area (Å²) in [5.74, 6) is -2.29. The van der Waals surface area contributed by atoms with E-state index >= 15 is 0 Å². The van der Waals surface area contributed by atoms with Crippen molar-refractivity contribution in [3.8, 4) is 0 Å². The summed E-state index contributed by atoms with van der Waals surface area (Å²) in [7, 11) is -2.37. The molecule has 0 aromatic heterocycles. The minimum absolute atomic E-state index is 0.0864. The molecule has 1 aromatic rings. The van der Waals surface area contributed by atoms with E-state index in [0.29, 0.717) is 5.56 Å². The molecular weight excluding hydrogens is 360 g/mol. The van der Waals surface area contributed by atoms with Crippen LogP contribution in [0, 0.1) is 0 Å². The Morgan fingerprint density at radius 3 is 2.31 bits per heavy atom. The summed E-state index contributed by atoms with van der Waals surface area (Å²) in [6.45, 7) is 1.23. The second-order valence-corrected chi connectivity index (χ2v) is 7.54. The summed E-state index contributed by atoms with van der Waals surface area (Å²) in [5, 5.41) is 4.65. The normalized spacial score (nSPS) is 12.4. The van der Waals surface area contributed by atoms with Crippen molar-refractivity contribution in [1.82, 2.24) is 14.9 Å². The maximum atomic E-state index is 12.5. The maximum Gasteiger partial charge on any atom is 0.242 e. The van der Waals surface area contributed by atoms with Crippen LogP contribution in [0.1, 0.15) is 18.9 Å². The maximum absolute atomic E-state index is 12.5. The van der Waals surface area contributed by atoms with Gasteiger partial charge in [0, 0.05) is 13.6 Å². The van der Waals surface area contributed by atoms with Crippen molar-refractivity contribution < 1.29 is 22.8 Å². The number of nitrogens with zero attached hydrogens (tertiary/aromatic N) is 1. The first kappa shape index (κ1) is 21.6. The molecule has 3 amide bonds. The standard InChI is InChI=1S/C16H24N4O5S/c1-3-20(26(24,25)11-12-7-5-4-6-8-12)10-15(22)19-13(9-14(17)21)16(23)18-2/h4-8,13H,3,9-11H2,1-2H3,(H2,17,21)(H,18,23)(H,19,22)/t13-/m0/s1. The van der Waals surface area contributed by atoms with Crippen LogP contribution in [0.25, 0.3) is 0 Å². The van der Waals surface area contributed by atoms with E-state index < -0.39 is 40.3 Å². The molecule has 26 heavy (non-hydrogen) atoms. The number of primary amides is 1. The molecule has 0 saturated heterocycles. The number of hydrogen-bond donors (Lipinski definition) is 3. The van der Waals surface area contributed by atoms with Gasteiger partial charge in [0.15, 0.2) is 0 Å². The molecule has 4 N–H and O–H groups in total. The van der Waals surface area contributed by atoms with Crippen molar-refractivity contribution in [2.45, 2.75) is 25.1 Å². The molecule has 9 nitrogen and oxygen atoms in total. The zero-order valence-electron chi connectivity index (χ0n) is 14.8. The zero-order chi connectivity index (χ0) is 19.7. The van der Waals surface area contributed by atoms with Crippen LogP contribution in [0.2, 0.25) is 0 Å². The van der Waals surface area contributed by atoms with Crippen molar-refractivity contribution >= 4 is 27.7 Å². The van der Waals surface area contributed by atoms with Gasteiger partial charge in [0.05, 0.1) is 18.7 Å². The molecule has 10 heteroatoms. The third-order valence-electron chi connectivity index (χ3n) is 3.56. The quantitative estimate of drug-likeness (QED) is 0.472. The lowest BCUT2D eigenvalue weighted by molar-refractivity contribution is -0.130. The molecule has 0 radical (unpaired) electrons. The Labute approximate surface area is 153 Å². The highest BCUT2D eigenvalue weighted by atomic mass is 32.2. The number of carbonyl (C=O) groups is 3. The van der Waals surface area contributed by atoms with Gasteiger partial charge in [-0.25, -0.2) is 8.42 Å². The average molecular weight is 384 g/mol. The van der Waals surface area contributed by atoms with Crippen LogP contribution >= 0.6 is 0 Å². The van der Waals surface area contributed by atoms with Crippen LogP contribution in [-0.2, 0) is 30.2 Å². The van der Waals surface area contributed by atoms with E-state index in [9.17, 15) is 22.8 Å². The molecule has 0 aliphatic carbocycles. The Balaban J connectivity index is 2.80. The first-order valence-electron chi connectivity index (χ1n) is 8.00. The Kier molecular flexibility index (Phi) is 8.20. The largest absolute Gasteiger partial charge is 0.370 e. The molecule has 1 atom stereocenters. The zero-order valence-corrected chi connectivity index (χ0v) is 15.6. The second kappa shape index (κ2) is 9.88. The first-order chi connectivity index (χ1) is 12.2. The lowest BCUT2D eigenvalue weighted by Crippen LogP contribution is -2.51. The molecule has 0 fully saturated rings. The number of amides is 3. The fourth-order valence-electron chi connectivity index (χ4n) is 2.27. The van der Waals surface area contributed by atoms with E-state index in [0.717, 1.165) is 4.31 Å². The molecule has 1 aromatic carbocycles. The van der Waals surface area contributed by atoms with Gasteiger partial charge in [-0.05, 0) is 5.56 Å². The van der Waals surface area contributed by atoms with Crippen LogP contribution in [0.5, 0.6) is 0 Å². The summed E-state index contributed by atoms with van der Waals surface area (Å²) in [4.78, 5) is 34.9. The number of carbonyl (C=O) groups excluding carboxylic acids is 3. The SMILES string of the molecule is CCN(CC(=O)N[C@@H](CC(N)=O)C(=O)NC)S(=O)(=O)Cc1ccccc1. The molecule has 0 bridgehead atoms. The molecule has 0 unspecified atom stereocenters. The van der Waals surface area contributed by atoms with Crippen molar-refractivity contribution in [2.24, 2.45) is 5.73 Å². The Hall–Kier alpha value is -2.46. The van der Waals surface area contributed by atoms with Gasteiger partial charge >= 0.3 is 0 Å². The van der Waals surface area contributed by atoms with Crippen molar-refractivity contribution in [2.75, 3.05) is 20.1 Å². The van der Waals surface area contributed by atoms with E-state index in [-0.39, 0.29) is 18.7 Å². The Bertz CT molecular complexity index is 736. The Morgan fingerprint density at radius 2 is 1.81 bits per heavy atom. The van der Waals surface area contributed by atoms with Gasteiger partial charge in [-0.1, -0.05) is 37.3 Å². The highest BCUT2D eigenvalue weighted by molar-refractivity contribution is 7.88. The van der Waals surface area contributed by atoms with Gasteiger partial charge in [0.1, 0.15) is 6.04 Å². The number of hydrogen-bond acceptors (Lipinski definition) is 5. The summed E-state index contributed by atoms with van der Waals surface area (Å²) in [6, 6.07) is 7.44. The van der Waals surface area contributed by atoms with E-state index in [1.165, 1.54) is 7.05 Å². The summed E-state index contributed by atoms with van der Waals surface area (Å²) in [5.41, 5.74) is 5.67. The predicted octanol–water partition coefficient (Wildman–Crippen LogP) is -1.06. The topological polar surface area (TPSA) is 139 Å². The van der Waals surface area contributed by atoms with Crippen molar-refractivity contribution in [1.29, 1.82) is 0 Å². The minimum atomic E-state index is -3.72. The van der Waals surface area contributed by atoms with Crippen molar-refractivity contribution in [3.05, 3.63) is 35.9 Å². The summed E-state index contributed by atoms with van der Waals surface area (Å²) in [6.07, 6.45) is -0.381. The molecule has 0 aliphatic rings. The van der Waals surface area contributed by atoms with Crippen LogP contribution in [-0.4, -0.2) is 56.6 Å². The molecule has 0 saturated carbocycles. The first-order valence-corrected chi connectivity index (χ1v) is 9.61. The monoisotopic (exact) mass is 384 g/mol. The predicted molar refractivity (Wildman–Crippen MR) is 96.1 cm³/mol. The van der Waals surface area contributed by atoms with Gasteiger partial charge in [-0.15, -0.1) is 0 Å². The Morgan fingerprint density at radius 1 is 1.19 bits per heavy atom. The number of nitrogens with two attached hydrogens (primary N) is 1. The van der Waals surface area contributed by atoms with E-state index in [1.54, 1.807) is 37.3 Å². The van der Waals surface area contributed by atoms with Gasteiger partial charge < -0.3 is 16.4 Å². The summed E-state index contributed by atoms with van der Waals surface area (Å²) < 4.78 is 26.0. The molecule has 0 heterocycles. The number of sulfonamides is 1. The second-order valence-electron chi connectivity index (χ2n) is 5.57. The van der Waals surface area contributed by atoms with Crippen molar-refractivity contribution in [3.63, 3.8) is 0 Å². The van der Waals surface area contributed by atoms with Crippen LogP contribution in [0.4, 0.5) is 0 Å². The average Bonchev–Trinajstić information content (AvgIpc) is 2.58. The molecular formula is C16H24N4O5S. The highest BCUT2D eigenvalue weighted by Gasteiger charge is 2.27. The molecule has 0 aliphatic heterocycles. The lowest BCUT2D eigenvalue weighted by Gasteiger charge is -2.22. The lowest BCUT2D eigenvalue weighted by atomic mass is 10.2. The number of benzene rings is 1. The van der Waals surface area contributed by atoms with Gasteiger partial charge in [-0.2, -0.15) is 4.31 Å². The van der Waals surface area contributed by atoms with Crippen LogP contribution in [0.3, 0.4) is 0 Å². The third-order valence-corrected chi connectivity index (χ3v) is 5.43. The van der Waals surface area contributed by atoms with Gasteiger partial charge in [-0.3, -0.25) is 14.4 Å². The molecule has 0 spiro atoms. The fraction of sp³-hybridized carbons (Fsp3) is 0.438. The number of nitrogens with one attached hydrogen (secondary N) is 2. The van der Waals surface area contributed by atoms with E-state index in [2.05, 4.69) is 10.6 Å². The van der Waals surface area contributed by atoms with Gasteiger partial charge in [0.25, 0.3) is 0 Å². The van der Waals surface area contributed by atoms with Crippen LogP contribution < -0.4 is 16.4 Å². The summed E-state index contributed by atoms with van der Waals surface area (Å²) >= 11 is 0. The highest BCUT2D eigenvalue weighted by Crippen LogP contribution is 2.10. The number of rotatable bonds is 10. The smallest absolute Gasteiger partial charge is 0.242 e. The third kappa shape index (κ3) is 6.81. The van der Waals surface area contributed by atoms with Crippen LogP contribution in [0.15, 0.2) is 30.3 Å². The molecule has 1 rings (SSSR count). The van der Waals surface area contributed by atoms with E-state index in [1.807, 2.05) is 0 Å². The number of likely N-dealkylation sites (N-methyl/N-ethyl adjacent to an activating group) is 2. The minimum Gasteiger partial charge on any atom is -0.370 e. The molecule has 144 valence electrons. The van der Waals surface area contributed by atoms with Gasteiger partial charge in [0.2, 0.25) is 27.7 Å². The van der Waals surface area contributed by atoms with E-state index in [4.69, 9.17) is 5.73 Å². The fourth-order valence-corrected chi connectivity index (χ4v) is 3.77.